The number of pyridine rings is 1. The van der Waals surface area contributed by atoms with E-state index in [4.69, 9.17) is 17.3 Å². The third-order valence-electron chi connectivity index (χ3n) is 3.41. The Morgan fingerprint density at radius 3 is 2.95 bits per heavy atom. The van der Waals surface area contributed by atoms with Gasteiger partial charge < -0.3 is 10.3 Å². The van der Waals surface area contributed by atoms with Gasteiger partial charge >= 0.3 is 0 Å². The quantitative estimate of drug-likeness (QED) is 0.804. The average Bonchev–Trinajstić information content (AvgIpc) is 2.75. The Labute approximate surface area is 122 Å². The predicted molar refractivity (Wildman–Crippen MR) is 81.9 cm³/mol. The zero-order valence-electron chi connectivity index (χ0n) is 11.2. The van der Waals surface area contributed by atoms with Crippen molar-refractivity contribution in [3.8, 4) is 0 Å². The van der Waals surface area contributed by atoms with Crippen LogP contribution in [0.5, 0.6) is 0 Å². The minimum Gasteiger partial charge on any atom is -0.369 e. The van der Waals surface area contributed by atoms with Crippen molar-refractivity contribution in [2.24, 2.45) is 0 Å². The number of anilines is 1. The normalized spacial score (nSPS) is 11.1. The standard InChI is InChI=1S/C15H15ClN4/c1-2-10-4-3-7-18-13(10)9-20-14-6-5-11(16)8-12(14)19-15(20)17/h3-8H,2,9H2,1H3,(H2,17,19). The molecule has 4 nitrogen and oxygen atoms in total. The molecule has 3 aromatic rings. The molecule has 0 bridgehead atoms. The highest BCUT2D eigenvalue weighted by Gasteiger charge is 2.11. The zero-order valence-corrected chi connectivity index (χ0v) is 11.9. The smallest absolute Gasteiger partial charge is 0.201 e. The number of aryl methyl sites for hydroxylation is 1. The summed E-state index contributed by atoms with van der Waals surface area (Å²) in [5, 5.41) is 0.661. The van der Waals surface area contributed by atoms with E-state index in [-0.39, 0.29) is 0 Å². The summed E-state index contributed by atoms with van der Waals surface area (Å²) in [6.45, 7) is 2.74. The van der Waals surface area contributed by atoms with Crippen LogP contribution in [0.3, 0.4) is 0 Å². The molecule has 0 unspecified atom stereocenters. The average molecular weight is 287 g/mol. The Hall–Kier alpha value is -2.07. The number of aromatic nitrogens is 3. The van der Waals surface area contributed by atoms with Gasteiger partial charge in [-0.1, -0.05) is 24.6 Å². The fourth-order valence-corrected chi connectivity index (χ4v) is 2.54. The van der Waals surface area contributed by atoms with E-state index in [1.165, 1.54) is 5.56 Å². The first-order valence-electron chi connectivity index (χ1n) is 6.53. The number of benzene rings is 1. The summed E-state index contributed by atoms with van der Waals surface area (Å²) in [6, 6.07) is 9.66. The van der Waals surface area contributed by atoms with Gasteiger partial charge in [-0.3, -0.25) is 4.98 Å². The number of rotatable bonds is 3. The molecule has 2 heterocycles. The first-order valence-corrected chi connectivity index (χ1v) is 6.91. The van der Waals surface area contributed by atoms with Crippen LogP contribution in [0.25, 0.3) is 11.0 Å². The molecule has 0 saturated carbocycles. The van der Waals surface area contributed by atoms with Crippen molar-refractivity contribution in [2.75, 3.05) is 5.73 Å². The number of hydrogen-bond acceptors (Lipinski definition) is 3. The molecule has 0 amide bonds. The van der Waals surface area contributed by atoms with Crippen molar-refractivity contribution in [2.45, 2.75) is 19.9 Å². The Kier molecular flexibility index (Phi) is 3.32. The van der Waals surface area contributed by atoms with E-state index in [1.807, 2.05) is 28.8 Å². The van der Waals surface area contributed by atoms with E-state index in [9.17, 15) is 0 Å². The Balaban J connectivity index is 2.08. The fraction of sp³-hybridized carbons (Fsp3) is 0.200. The van der Waals surface area contributed by atoms with Crippen LogP contribution in [0.15, 0.2) is 36.5 Å². The van der Waals surface area contributed by atoms with Crippen molar-refractivity contribution < 1.29 is 0 Å². The molecule has 0 radical (unpaired) electrons. The number of halogens is 1. The van der Waals surface area contributed by atoms with E-state index in [2.05, 4.69) is 23.0 Å². The van der Waals surface area contributed by atoms with Gasteiger partial charge in [-0.2, -0.15) is 0 Å². The lowest BCUT2D eigenvalue weighted by Gasteiger charge is -2.09. The van der Waals surface area contributed by atoms with Gasteiger partial charge in [-0.05, 0) is 36.2 Å². The summed E-state index contributed by atoms with van der Waals surface area (Å²) in [6.07, 6.45) is 2.75. The maximum absolute atomic E-state index is 6.02. The first kappa shape index (κ1) is 12.9. The highest BCUT2D eigenvalue weighted by molar-refractivity contribution is 6.31. The molecule has 5 heteroatoms. The second-order valence-electron chi connectivity index (χ2n) is 4.65. The molecular formula is C15H15ClN4. The zero-order chi connectivity index (χ0) is 14.1. The van der Waals surface area contributed by atoms with E-state index >= 15 is 0 Å². The highest BCUT2D eigenvalue weighted by atomic mass is 35.5. The van der Waals surface area contributed by atoms with Crippen molar-refractivity contribution in [3.05, 3.63) is 52.8 Å². The van der Waals surface area contributed by atoms with Gasteiger partial charge in [-0.25, -0.2) is 4.98 Å². The number of hydrogen-bond donors (Lipinski definition) is 1. The maximum atomic E-state index is 6.02. The van der Waals surface area contributed by atoms with Crippen LogP contribution in [-0.2, 0) is 13.0 Å². The SMILES string of the molecule is CCc1cccnc1Cn1c(N)nc2cc(Cl)ccc21. The van der Waals surface area contributed by atoms with E-state index in [0.717, 1.165) is 23.1 Å². The monoisotopic (exact) mass is 286 g/mol. The molecule has 3 rings (SSSR count). The van der Waals surface area contributed by atoms with Gasteiger partial charge in [-0.15, -0.1) is 0 Å². The molecule has 20 heavy (non-hydrogen) atoms. The van der Waals surface area contributed by atoms with Crippen molar-refractivity contribution in [3.63, 3.8) is 0 Å². The molecule has 0 saturated heterocycles. The first-order chi connectivity index (χ1) is 9.69. The van der Waals surface area contributed by atoms with Crippen LogP contribution in [0.4, 0.5) is 5.95 Å². The molecule has 2 aromatic heterocycles. The summed E-state index contributed by atoms with van der Waals surface area (Å²) < 4.78 is 1.97. The van der Waals surface area contributed by atoms with Crippen LogP contribution in [0, 0.1) is 0 Å². The van der Waals surface area contributed by atoms with Gasteiger partial charge in [0.2, 0.25) is 5.95 Å². The van der Waals surface area contributed by atoms with Crippen LogP contribution in [0.2, 0.25) is 5.02 Å². The minimum atomic E-state index is 0.481. The third kappa shape index (κ3) is 2.23. The van der Waals surface area contributed by atoms with Crippen molar-refractivity contribution in [1.82, 2.24) is 14.5 Å². The van der Waals surface area contributed by atoms with Crippen LogP contribution in [0.1, 0.15) is 18.2 Å². The number of imidazole rings is 1. The van der Waals surface area contributed by atoms with Crippen LogP contribution >= 0.6 is 11.6 Å². The van der Waals surface area contributed by atoms with Gasteiger partial charge in [0.1, 0.15) is 0 Å². The second-order valence-corrected chi connectivity index (χ2v) is 5.09. The molecule has 1 aromatic carbocycles. The van der Waals surface area contributed by atoms with E-state index < -0.39 is 0 Å². The molecule has 0 aliphatic carbocycles. The molecule has 2 N–H and O–H groups in total. The molecule has 0 spiro atoms. The minimum absolute atomic E-state index is 0.481. The maximum Gasteiger partial charge on any atom is 0.201 e. The molecule has 0 aliphatic heterocycles. The lowest BCUT2D eigenvalue weighted by molar-refractivity contribution is 0.793. The number of fused-ring (bicyclic) bond motifs is 1. The molecule has 0 atom stereocenters. The van der Waals surface area contributed by atoms with E-state index in [0.29, 0.717) is 17.5 Å². The third-order valence-corrected chi connectivity index (χ3v) is 3.65. The lowest BCUT2D eigenvalue weighted by atomic mass is 10.1. The highest BCUT2D eigenvalue weighted by Crippen LogP contribution is 2.23. The Morgan fingerprint density at radius 1 is 1.30 bits per heavy atom. The van der Waals surface area contributed by atoms with Gasteiger partial charge in [0.25, 0.3) is 0 Å². The second kappa shape index (κ2) is 5.13. The molecule has 0 fully saturated rings. The predicted octanol–water partition coefficient (Wildman–Crippen LogP) is 3.28. The summed E-state index contributed by atoms with van der Waals surface area (Å²) >= 11 is 5.99. The number of nitrogen functional groups attached to an aromatic ring is 1. The van der Waals surface area contributed by atoms with E-state index in [1.54, 1.807) is 6.20 Å². The van der Waals surface area contributed by atoms with Gasteiger partial charge in [0.15, 0.2) is 0 Å². The summed E-state index contributed by atoms with van der Waals surface area (Å²) in [5.41, 5.74) is 10.1. The Bertz CT molecular complexity index is 764. The van der Waals surface area contributed by atoms with Crippen molar-refractivity contribution in [1.29, 1.82) is 0 Å². The fourth-order valence-electron chi connectivity index (χ4n) is 2.37. The molecule has 0 aliphatic rings. The van der Waals surface area contributed by atoms with Gasteiger partial charge in [0.05, 0.1) is 23.3 Å². The topological polar surface area (TPSA) is 56.7 Å². The summed E-state index contributed by atoms with van der Waals surface area (Å²) in [7, 11) is 0. The molecule has 102 valence electrons. The number of nitrogens with two attached hydrogens (primary N) is 1. The molecular weight excluding hydrogens is 272 g/mol. The van der Waals surface area contributed by atoms with Crippen molar-refractivity contribution >= 4 is 28.6 Å². The summed E-state index contributed by atoms with van der Waals surface area (Å²) in [4.78, 5) is 8.81. The lowest BCUT2D eigenvalue weighted by Crippen LogP contribution is -2.08. The van der Waals surface area contributed by atoms with Crippen LogP contribution < -0.4 is 5.73 Å². The van der Waals surface area contributed by atoms with Crippen LogP contribution in [-0.4, -0.2) is 14.5 Å². The Morgan fingerprint density at radius 2 is 2.15 bits per heavy atom. The summed E-state index contributed by atoms with van der Waals surface area (Å²) in [5.74, 6) is 0.481. The number of nitrogens with zero attached hydrogens (tertiary/aromatic N) is 3. The largest absolute Gasteiger partial charge is 0.369 e. The van der Waals surface area contributed by atoms with Gasteiger partial charge in [0, 0.05) is 11.2 Å².